The molecule has 0 saturated carbocycles. The van der Waals surface area contributed by atoms with Gasteiger partial charge in [-0.05, 0) is 12.1 Å². The zero-order valence-electron chi connectivity index (χ0n) is 6.74. The molecule has 1 aromatic rings. The predicted molar refractivity (Wildman–Crippen MR) is 47.4 cm³/mol. The summed E-state index contributed by atoms with van der Waals surface area (Å²) in [4.78, 5) is 0. The number of rotatable bonds is 0. The molecule has 72 valence electrons. The van der Waals surface area contributed by atoms with Gasteiger partial charge in [-0.15, -0.1) is 0 Å². The molecule has 0 fully saturated rings. The quantitative estimate of drug-likeness (QED) is 0.677. The SMILES string of the molecule is C1=Cc2ccccc2OC1.O=[As].[Cu]. The average Bonchev–Trinajstić information content (AvgIpc) is 2.21. The molecule has 0 saturated heterocycles. The first-order chi connectivity index (χ1) is 5.97. The molecule has 13 heavy (non-hydrogen) atoms. The van der Waals surface area contributed by atoms with E-state index in [1.54, 1.807) is 0 Å². The van der Waals surface area contributed by atoms with Gasteiger partial charge in [0.1, 0.15) is 12.4 Å². The van der Waals surface area contributed by atoms with Gasteiger partial charge in [-0.1, -0.05) is 24.3 Å². The summed E-state index contributed by atoms with van der Waals surface area (Å²) in [6.07, 6.45) is 4.10. The Labute approximate surface area is 96.6 Å². The fourth-order valence-corrected chi connectivity index (χ4v) is 1.06. The van der Waals surface area contributed by atoms with Crippen molar-refractivity contribution in [1.82, 2.24) is 0 Å². The summed E-state index contributed by atoms with van der Waals surface area (Å²) in [6.45, 7) is 0.705. The van der Waals surface area contributed by atoms with Crippen LogP contribution in [0, 0.1) is 0 Å². The van der Waals surface area contributed by atoms with Crippen LogP contribution in [0.4, 0.5) is 0 Å². The standard InChI is InChI=1S/C9H8O.AsO.Cu/c1-2-6-9-8(4-1)5-3-7-10-9;1-2;/h1-6H,7H2;;. The first kappa shape index (κ1) is 12.6. The molecule has 0 spiro atoms. The second-order valence-corrected chi connectivity index (χ2v) is 2.25. The van der Waals surface area contributed by atoms with Crippen molar-refractivity contribution in [3.63, 3.8) is 0 Å². The second-order valence-electron chi connectivity index (χ2n) is 2.25. The van der Waals surface area contributed by atoms with Crippen molar-refractivity contribution >= 4 is 22.9 Å². The largest absolute Gasteiger partial charge is 0 e. The third-order valence-electron chi connectivity index (χ3n) is 1.55. The van der Waals surface area contributed by atoms with Gasteiger partial charge in [-0.2, -0.15) is 0 Å². The zero-order chi connectivity index (χ0) is 8.81. The van der Waals surface area contributed by atoms with Crippen molar-refractivity contribution in [3.8, 4) is 5.75 Å². The number of benzene rings is 1. The van der Waals surface area contributed by atoms with Gasteiger partial charge in [-0.3, -0.25) is 0 Å². The van der Waals surface area contributed by atoms with E-state index < -0.39 is 0 Å². The van der Waals surface area contributed by atoms with Crippen LogP contribution in [-0.4, -0.2) is 23.4 Å². The molecule has 0 aromatic heterocycles. The van der Waals surface area contributed by atoms with E-state index in [2.05, 4.69) is 6.08 Å². The monoisotopic (exact) mass is 286 g/mol. The Kier molecular flexibility index (Phi) is 6.88. The molecule has 0 N–H and O–H groups in total. The van der Waals surface area contributed by atoms with E-state index >= 15 is 0 Å². The topological polar surface area (TPSA) is 26.3 Å². The van der Waals surface area contributed by atoms with E-state index in [4.69, 9.17) is 8.48 Å². The van der Waals surface area contributed by atoms with Crippen LogP contribution < -0.4 is 4.74 Å². The van der Waals surface area contributed by atoms with Crippen molar-refractivity contribution in [2.24, 2.45) is 0 Å². The van der Waals surface area contributed by atoms with Crippen LogP contribution in [0.3, 0.4) is 0 Å². The fourth-order valence-electron chi connectivity index (χ4n) is 1.06. The molecule has 1 aliphatic heterocycles. The van der Waals surface area contributed by atoms with Gasteiger partial charge in [0.25, 0.3) is 0 Å². The van der Waals surface area contributed by atoms with Crippen LogP contribution in [-0.2, 0) is 20.8 Å². The molecule has 2 nitrogen and oxygen atoms in total. The van der Waals surface area contributed by atoms with Gasteiger partial charge in [0.15, 0.2) is 0 Å². The maximum Gasteiger partial charge on any atom is 0 e. The van der Waals surface area contributed by atoms with Crippen molar-refractivity contribution in [3.05, 3.63) is 35.9 Å². The molecule has 0 amide bonds. The normalized spacial score (nSPS) is 11.1. The number of hydrogen-bond acceptors (Lipinski definition) is 2. The maximum absolute atomic E-state index is 8.19. The molecular formula is C9H8AsCuO2. The Morgan fingerprint density at radius 2 is 1.92 bits per heavy atom. The van der Waals surface area contributed by atoms with Gasteiger partial charge in [0.05, 0.1) is 0 Å². The molecule has 1 aliphatic rings. The second kappa shape index (κ2) is 7.08. The molecular weight excluding hydrogens is 279 g/mol. The van der Waals surface area contributed by atoms with Crippen molar-refractivity contribution in [1.29, 1.82) is 0 Å². The Morgan fingerprint density at radius 1 is 1.23 bits per heavy atom. The molecule has 2 rings (SSSR count). The first-order valence-corrected chi connectivity index (χ1v) is 4.30. The molecule has 2 radical (unpaired) electrons. The van der Waals surface area contributed by atoms with E-state index in [0.29, 0.717) is 6.61 Å². The molecule has 0 unspecified atom stereocenters. The van der Waals surface area contributed by atoms with Crippen LogP contribution in [0.2, 0.25) is 0 Å². The van der Waals surface area contributed by atoms with Crippen LogP contribution in [0.15, 0.2) is 30.3 Å². The average molecular weight is 287 g/mol. The summed E-state index contributed by atoms with van der Waals surface area (Å²) in [5.74, 6) is 0.991. The van der Waals surface area contributed by atoms with E-state index in [-0.39, 0.29) is 17.1 Å². The van der Waals surface area contributed by atoms with Crippen LogP contribution >= 0.6 is 0 Å². The van der Waals surface area contributed by atoms with E-state index in [1.165, 1.54) is 5.56 Å². The van der Waals surface area contributed by atoms with E-state index in [0.717, 1.165) is 22.5 Å². The minimum absolute atomic E-state index is 0. The van der Waals surface area contributed by atoms with Gasteiger partial charge in [-0.25, -0.2) is 0 Å². The van der Waals surface area contributed by atoms with Crippen molar-refractivity contribution in [2.45, 2.75) is 0 Å². The summed E-state index contributed by atoms with van der Waals surface area (Å²) < 4.78 is 13.5. The molecule has 1 heterocycles. The summed E-state index contributed by atoms with van der Waals surface area (Å²) in [5, 5.41) is 0. The molecule has 0 bridgehead atoms. The number of para-hydroxylation sites is 1. The van der Waals surface area contributed by atoms with Gasteiger partial charge in [0.2, 0.25) is 0 Å². The number of fused-ring (bicyclic) bond motifs is 1. The van der Waals surface area contributed by atoms with E-state index in [9.17, 15) is 0 Å². The molecule has 1 aromatic carbocycles. The molecule has 0 atom stereocenters. The fraction of sp³-hybridized carbons (Fsp3) is 0.111. The number of ether oxygens (including phenoxy) is 1. The van der Waals surface area contributed by atoms with Gasteiger partial charge in [0, 0.05) is 22.6 Å². The van der Waals surface area contributed by atoms with Gasteiger partial charge >= 0.3 is 20.5 Å². The van der Waals surface area contributed by atoms with Crippen molar-refractivity contribution < 1.29 is 25.5 Å². The summed E-state index contributed by atoms with van der Waals surface area (Å²) in [7, 11) is 0. The van der Waals surface area contributed by atoms with Gasteiger partial charge < -0.3 is 4.74 Å². The van der Waals surface area contributed by atoms with Crippen molar-refractivity contribution in [2.75, 3.05) is 6.61 Å². The first-order valence-electron chi connectivity index (χ1n) is 3.53. The smallest absolute Gasteiger partial charge is 0 e. The Bertz CT molecular complexity index is 289. The Balaban J connectivity index is 0.000000451. The number of hydrogen-bond donors (Lipinski definition) is 0. The van der Waals surface area contributed by atoms with E-state index in [1.807, 2.05) is 30.3 Å². The summed E-state index contributed by atoms with van der Waals surface area (Å²) in [5.41, 5.74) is 1.17. The molecule has 4 heteroatoms. The zero-order valence-corrected chi connectivity index (χ0v) is 9.55. The van der Waals surface area contributed by atoms with Crippen LogP contribution in [0.1, 0.15) is 5.56 Å². The van der Waals surface area contributed by atoms with Crippen LogP contribution in [0.5, 0.6) is 5.75 Å². The third-order valence-corrected chi connectivity index (χ3v) is 1.55. The minimum Gasteiger partial charge on any atom is 0 e. The minimum atomic E-state index is 0. The Hall–Kier alpha value is -0.362. The molecule has 0 aliphatic carbocycles. The third kappa shape index (κ3) is 3.47. The van der Waals surface area contributed by atoms with Crippen LogP contribution in [0.25, 0.3) is 6.08 Å². The predicted octanol–water partition coefficient (Wildman–Crippen LogP) is 1.59. The maximum atomic E-state index is 8.19. The summed E-state index contributed by atoms with van der Waals surface area (Å²) in [6, 6.07) is 8.03. The Morgan fingerprint density at radius 3 is 2.62 bits per heavy atom. The summed E-state index contributed by atoms with van der Waals surface area (Å²) >= 11 is 1.06.